The van der Waals surface area contributed by atoms with Crippen LogP contribution in [0.25, 0.3) is 0 Å². The molecule has 1 atom stereocenters. The Balaban J connectivity index is 0.00000200. The molecule has 1 unspecified atom stereocenters. The Morgan fingerprint density at radius 1 is 1.45 bits per heavy atom. The molecule has 1 saturated heterocycles. The number of benzene rings is 1. The molecule has 1 aliphatic heterocycles. The molecule has 20 heavy (non-hydrogen) atoms. The van der Waals surface area contributed by atoms with Crippen molar-refractivity contribution >= 4 is 18.3 Å². The molecule has 0 aliphatic carbocycles. The van der Waals surface area contributed by atoms with E-state index < -0.39 is 0 Å². The van der Waals surface area contributed by atoms with Gasteiger partial charge in [-0.15, -0.1) is 12.4 Å². The van der Waals surface area contributed by atoms with Gasteiger partial charge in [0.1, 0.15) is 5.75 Å². The van der Waals surface area contributed by atoms with E-state index in [1.807, 2.05) is 19.1 Å². The third-order valence-corrected chi connectivity index (χ3v) is 3.10. The molecule has 0 aromatic heterocycles. The Hall–Kier alpha value is -1.30. The van der Waals surface area contributed by atoms with E-state index in [0.29, 0.717) is 38.4 Å². The van der Waals surface area contributed by atoms with Crippen LogP contribution in [0.3, 0.4) is 0 Å². The van der Waals surface area contributed by atoms with Crippen molar-refractivity contribution in [2.45, 2.75) is 13.0 Å². The van der Waals surface area contributed by atoms with E-state index in [-0.39, 0.29) is 24.4 Å². The number of carbonyl (C=O) groups is 1. The molecule has 0 saturated carbocycles. The van der Waals surface area contributed by atoms with Crippen LogP contribution in [-0.2, 0) is 4.74 Å². The zero-order valence-electron chi connectivity index (χ0n) is 11.6. The Bertz CT molecular complexity index is 425. The lowest BCUT2D eigenvalue weighted by atomic mass is 10.1. The lowest BCUT2D eigenvalue weighted by molar-refractivity contribution is -0.0167. The van der Waals surface area contributed by atoms with Crippen molar-refractivity contribution in [1.29, 1.82) is 0 Å². The third-order valence-electron chi connectivity index (χ3n) is 3.10. The van der Waals surface area contributed by atoms with E-state index in [9.17, 15) is 4.79 Å². The molecule has 2 N–H and O–H groups in total. The van der Waals surface area contributed by atoms with E-state index in [4.69, 9.17) is 15.2 Å². The molecule has 1 fully saturated rings. The number of nitrogens with zero attached hydrogens (tertiary/aromatic N) is 1. The standard InChI is InChI=1S/C14H20N2O3.ClH/c1-2-18-12-5-3-11(4-6-12)14(17)16-7-8-19-13(9-15)10-16;/h3-6,13H,2,7-10,15H2,1H3;1H. The quantitative estimate of drug-likeness (QED) is 0.910. The second kappa shape index (κ2) is 8.09. The molecule has 6 heteroatoms. The summed E-state index contributed by atoms with van der Waals surface area (Å²) < 4.78 is 10.8. The molecule has 5 nitrogen and oxygen atoms in total. The van der Waals surface area contributed by atoms with Crippen LogP contribution in [0.4, 0.5) is 0 Å². The Kier molecular flexibility index (Phi) is 6.78. The van der Waals surface area contributed by atoms with Crippen LogP contribution in [-0.4, -0.2) is 49.8 Å². The maximum Gasteiger partial charge on any atom is 0.254 e. The van der Waals surface area contributed by atoms with Crippen molar-refractivity contribution in [2.75, 3.05) is 32.8 Å². The molecule has 0 bridgehead atoms. The van der Waals surface area contributed by atoms with Crippen LogP contribution in [0.2, 0.25) is 0 Å². The molecule has 0 spiro atoms. The fraction of sp³-hybridized carbons (Fsp3) is 0.500. The van der Waals surface area contributed by atoms with Crippen molar-refractivity contribution in [3.8, 4) is 5.75 Å². The smallest absolute Gasteiger partial charge is 0.254 e. The maximum atomic E-state index is 12.3. The second-order valence-electron chi connectivity index (χ2n) is 4.44. The minimum absolute atomic E-state index is 0. The molecular weight excluding hydrogens is 280 g/mol. The second-order valence-corrected chi connectivity index (χ2v) is 4.44. The van der Waals surface area contributed by atoms with Crippen LogP contribution in [0, 0.1) is 0 Å². The summed E-state index contributed by atoms with van der Waals surface area (Å²) in [6, 6.07) is 7.22. The van der Waals surface area contributed by atoms with Crippen LogP contribution < -0.4 is 10.5 Å². The number of hydrogen-bond donors (Lipinski definition) is 1. The van der Waals surface area contributed by atoms with Crippen molar-refractivity contribution < 1.29 is 14.3 Å². The molecule has 1 amide bonds. The van der Waals surface area contributed by atoms with Crippen LogP contribution >= 0.6 is 12.4 Å². The normalized spacial score (nSPS) is 18.3. The molecule has 1 aliphatic rings. The average Bonchev–Trinajstić information content (AvgIpc) is 2.48. The Morgan fingerprint density at radius 2 is 2.15 bits per heavy atom. The van der Waals surface area contributed by atoms with Gasteiger partial charge in [-0.1, -0.05) is 0 Å². The van der Waals surface area contributed by atoms with Gasteiger partial charge >= 0.3 is 0 Å². The molecule has 0 radical (unpaired) electrons. The minimum atomic E-state index is -0.0552. The van der Waals surface area contributed by atoms with Gasteiger partial charge in [0.2, 0.25) is 0 Å². The van der Waals surface area contributed by atoms with E-state index >= 15 is 0 Å². The Labute approximate surface area is 125 Å². The summed E-state index contributed by atoms with van der Waals surface area (Å²) in [6.45, 7) is 4.71. The summed E-state index contributed by atoms with van der Waals surface area (Å²) in [5.74, 6) is 0.797. The highest BCUT2D eigenvalue weighted by molar-refractivity contribution is 5.94. The number of halogens is 1. The first kappa shape index (κ1) is 16.8. The molecule has 2 rings (SSSR count). The van der Waals surface area contributed by atoms with Crippen molar-refractivity contribution in [3.63, 3.8) is 0 Å². The van der Waals surface area contributed by atoms with Crippen LogP contribution in [0.15, 0.2) is 24.3 Å². The number of amides is 1. The lowest BCUT2D eigenvalue weighted by Crippen LogP contribution is -2.48. The van der Waals surface area contributed by atoms with Gasteiger partial charge in [0, 0.05) is 25.2 Å². The highest BCUT2D eigenvalue weighted by atomic mass is 35.5. The average molecular weight is 301 g/mol. The topological polar surface area (TPSA) is 64.8 Å². The van der Waals surface area contributed by atoms with E-state index in [2.05, 4.69) is 0 Å². The number of rotatable bonds is 4. The summed E-state index contributed by atoms with van der Waals surface area (Å²) in [6.07, 6.45) is -0.0552. The summed E-state index contributed by atoms with van der Waals surface area (Å²) in [5, 5.41) is 0. The molecular formula is C14H21ClN2O3. The molecule has 1 heterocycles. The monoisotopic (exact) mass is 300 g/mol. The first-order valence-electron chi connectivity index (χ1n) is 6.58. The highest BCUT2D eigenvalue weighted by Gasteiger charge is 2.24. The SMILES string of the molecule is CCOc1ccc(C(=O)N2CCOC(CN)C2)cc1.Cl. The van der Waals surface area contributed by atoms with E-state index in [0.717, 1.165) is 5.75 Å². The third kappa shape index (κ3) is 4.10. The zero-order chi connectivity index (χ0) is 13.7. The van der Waals surface area contributed by atoms with Crippen LogP contribution in [0.1, 0.15) is 17.3 Å². The molecule has 112 valence electrons. The van der Waals surface area contributed by atoms with Gasteiger partial charge in [-0.2, -0.15) is 0 Å². The number of morpholine rings is 1. The summed E-state index contributed by atoms with van der Waals surface area (Å²) in [7, 11) is 0. The number of hydrogen-bond acceptors (Lipinski definition) is 4. The van der Waals surface area contributed by atoms with Crippen LogP contribution in [0.5, 0.6) is 5.75 Å². The van der Waals surface area contributed by atoms with E-state index in [1.165, 1.54) is 0 Å². The summed E-state index contributed by atoms with van der Waals surface area (Å²) in [5.41, 5.74) is 6.25. The van der Waals surface area contributed by atoms with Gasteiger partial charge in [-0.05, 0) is 31.2 Å². The van der Waals surface area contributed by atoms with Gasteiger partial charge in [0.15, 0.2) is 0 Å². The van der Waals surface area contributed by atoms with Gasteiger partial charge < -0.3 is 20.1 Å². The zero-order valence-corrected chi connectivity index (χ0v) is 12.4. The molecule has 1 aromatic carbocycles. The first-order valence-corrected chi connectivity index (χ1v) is 6.58. The summed E-state index contributed by atoms with van der Waals surface area (Å²) in [4.78, 5) is 14.1. The fourth-order valence-corrected chi connectivity index (χ4v) is 2.09. The van der Waals surface area contributed by atoms with Gasteiger partial charge in [-0.3, -0.25) is 4.79 Å². The van der Waals surface area contributed by atoms with Crippen molar-refractivity contribution in [1.82, 2.24) is 4.90 Å². The van der Waals surface area contributed by atoms with Gasteiger partial charge in [-0.25, -0.2) is 0 Å². The fourth-order valence-electron chi connectivity index (χ4n) is 2.09. The maximum absolute atomic E-state index is 12.3. The van der Waals surface area contributed by atoms with Crippen molar-refractivity contribution in [3.05, 3.63) is 29.8 Å². The highest BCUT2D eigenvalue weighted by Crippen LogP contribution is 2.15. The largest absolute Gasteiger partial charge is 0.494 e. The summed E-state index contributed by atoms with van der Waals surface area (Å²) >= 11 is 0. The van der Waals surface area contributed by atoms with Crippen molar-refractivity contribution in [2.24, 2.45) is 5.73 Å². The Morgan fingerprint density at radius 3 is 2.75 bits per heavy atom. The first-order chi connectivity index (χ1) is 9.24. The number of ether oxygens (including phenoxy) is 2. The van der Waals surface area contributed by atoms with Gasteiger partial charge in [0.25, 0.3) is 5.91 Å². The van der Waals surface area contributed by atoms with E-state index in [1.54, 1.807) is 17.0 Å². The predicted molar refractivity (Wildman–Crippen MR) is 79.6 cm³/mol. The lowest BCUT2D eigenvalue weighted by Gasteiger charge is -2.32. The number of nitrogens with two attached hydrogens (primary N) is 1. The molecule has 1 aromatic rings. The number of carbonyl (C=O) groups excluding carboxylic acids is 1. The predicted octanol–water partition coefficient (Wildman–Crippen LogP) is 1.31. The van der Waals surface area contributed by atoms with Gasteiger partial charge in [0.05, 0.1) is 19.3 Å². The minimum Gasteiger partial charge on any atom is -0.494 e.